The van der Waals surface area contributed by atoms with Gasteiger partial charge in [-0.3, -0.25) is 4.79 Å². The summed E-state index contributed by atoms with van der Waals surface area (Å²) in [6, 6.07) is 0. The normalized spacial score (nSPS) is 30.3. The van der Waals surface area contributed by atoms with Crippen molar-refractivity contribution < 1.29 is 4.79 Å². The predicted octanol–water partition coefficient (Wildman–Crippen LogP) is 1.50. The highest BCUT2D eigenvalue weighted by atomic mass is 16.2. The van der Waals surface area contributed by atoms with Crippen molar-refractivity contribution in [2.45, 2.75) is 13.8 Å². The molecule has 2 rings (SSSR count). The number of fused-ring (bicyclic) bond motifs is 1. The average Bonchev–Trinajstić information content (AvgIpc) is 2.53. The molecule has 2 atom stereocenters. The molecule has 0 saturated carbocycles. The van der Waals surface area contributed by atoms with Crippen molar-refractivity contribution in [1.82, 2.24) is 5.32 Å². The molecule has 1 aliphatic carbocycles. The number of carbonyl (C=O) groups is 1. The zero-order valence-corrected chi connectivity index (χ0v) is 7.58. The van der Waals surface area contributed by atoms with Gasteiger partial charge in [0.25, 0.3) is 0 Å². The van der Waals surface area contributed by atoms with Gasteiger partial charge >= 0.3 is 0 Å². The van der Waals surface area contributed by atoms with E-state index in [9.17, 15) is 4.79 Å². The average molecular weight is 165 g/mol. The van der Waals surface area contributed by atoms with Crippen LogP contribution in [0.3, 0.4) is 0 Å². The molecule has 66 valence electrons. The van der Waals surface area contributed by atoms with E-state index in [1.165, 1.54) is 0 Å². The summed E-state index contributed by atoms with van der Waals surface area (Å²) in [6.07, 6.45) is 7.99. The first-order chi connectivity index (χ1) is 5.88. The lowest BCUT2D eigenvalue weighted by Gasteiger charge is -2.09. The van der Waals surface area contributed by atoms with Crippen molar-refractivity contribution in [3.63, 3.8) is 0 Å². The zero-order valence-electron chi connectivity index (χ0n) is 7.58. The van der Waals surface area contributed by atoms with Crippen molar-refractivity contribution in [3.8, 4) is 0 Å². The molecule has 2 unspecified atom stereocenters. The lowest BCUT2D eigenvalue weighted by Crippen LogP contribution is -2.18. The van der Waals surface area contributed by atoms with Crippen LogP contribution in [-0.4, -0.2) is 12.5 Å². The fraction of sp³-hybridized carbons (Fsp3) is 0.500. The van der Waals surface area contributed by atoms with Crippen LogP contribution in [0, 0.1) is 11.8 Å². The molecule has 0 radical (unpaired) electrons. The molecular formula is C10H15NO. The number of nitrogens with one attached hydrogen (secondary N) is 1. The number of amides is 1. The molecular weight excluding hydrogens is 150 g/mol. The van der Waals surface area contributed by atoms with Crippen molar-refractivity contribution in [2.24, 2.45) is 11.8 Å². The van der Waals surface area contributed by atoms with Crippen molar-refractivity contribution >= 4 is 5.91 Å². The largest absolute Gasteiger partial charge is 0.355 e. The van der Waals surface area contributed by atoms with E-state index in [2.05, 4.69) is 11.4 Å². The van der Waals surface area contributed by atoms with E-state index >= 15 is 0 Å². The van der Waals surface area contributed by atoms with Crippen LogP contribution in [0.25, 0.3) is 0 Å². The summed E-state index contributed by atoms with van der Waals surface area (Å²) in [5.41, 5.74) is 0. The Morgan fingerprint density at radius 3 is 2.67 bits per heavy atom. The summed E-state index contributed by atoms with van der Waals surface area (Å²) < 4.78 is 0. The first-order valence-corrected chi connectivity index (χ1v) is 4.50. The van der Waals surface area contributed by atoms with Crippen LogP contribution in [-0.2, 0) is 4.79 Å². The SMILES string of the molecule is CC.O=C1NCC2C=CC=CC12. The second-order valence-corrected chi connectivity index (χ2v) is 2.70. The second-order valence-electron chi connectivity index (χ2n) is 2.70. The van der Waals surface area contributed by atoms with E-state index in [1.807, 2.05) is 32.1 Å². The standard InChI is InChI=1S/C8H9NO.C2H6/c10-8-7-4-2-1-3-6(7)5-9-8;1-2/h1-4,6-7H,5H2,(H,9,10);1-2H3. The number of carbonyl (C=O) groups excluding carboxylic acids is 1. The maximum absolute atomic E-state index is 11.0. The molecule has 0 aromatic rings. The first-order valence-electron chi connectivity index (χ1n) is 4.50. The number of hydrogen-bond donors (Lipinski definition) is 1. The van der Waals surface area contributed by atoms with Crippen LogP contribution < -0.4 is 5.32 Å². The molecule has 1 fully saturated rings. The van der Waals surface area contributed by atoms with Crippen LogP contribution in [0.4, 0.5) is 0 Å². The van der Waals surface area contributed by atoms with E-state index in [4.69, 9.17) is 0 Å². The van der Waals surface area contributed by atoms with Crippen molar-refractivity contribution in [3.05, 3.63) is 24.3 Å². The Morgan fingerprint density at radius 2 is 2.00 bits per heavy atom. The van der Waals surface area contributed by atoms with Crippen LogP contribution in [0.5, 0.6) is 0 Å². The summed E-state index contributed by atoms with van der Waals surface area (Å²) in [4.78, 5) is 11.0. The molecule has 12 heavy (non-hydrogen) atoms. The first kappa shape index (κ1) is 9.04. The Labute approximate surface area is 73.4 Å². The summed E-state index contributed by atoms with van der Waals surface area (Å²) in [5.74, 6) is 0.702. The third-order valence-electron chi connectivity index (χ3n) is 2.06. The minimum atomic E-state index is 0.116. The Bertz CT molecular complexity index is 218. The van der Waals surface area contributed by atoms with Crippen molar-refractivity contribution in [2.75, 3.05) is 6.54 Å². The maximum Gasteiger partial charge on any atom is 0.227 e. The van der Waals surface area contributed by atoms with Gasteiger partial charge in [0.15, 0.2) is 0 Å². The fourth-order valence-electron chi connectivity index (χ4n) is 1.47. The fourth-order valence-corrected chi connectivity index (χ4v) is 1.47. The Balaban J connectivity index is 0.000000336. The molecule has 1 saturated heterocycles. The predicted molar refractivity (Wildman–Crippen MR) is 49.6 cm³/mol. The van der Waals surface area contributed by atoms with Crippen LogP contribution in [0.15, 0.2) is 24.3 Å². The smallest absolute Gasteiger partial charge is 0.227 e. The van der Waals surface area contributed by atoms with Gasteiger partial charge < -0.3 is 5.32 Å². The molecule has 1 N–H and O–H groups in total. The van der Waals surface area contributed by atoms with Gasteiger partial charge in [0.1, 0.15) is 0 Å². The van der Waals surface area contributed by atoms with E-state index in [0.29, 0.717) is 5.92 Å². The van der Waals surface area contributed by atoms with Gasteiger partial charge in [0.2, 0.25) is 5.91 Å². The quantitative estimate of drug-likeness (QED) is 0.579. The number of allylic oxidation sites excluding steroid dienone is 2. The van der Waals surface area contributed by atoms with E-state index in [0.717, 1.165) is 6.54 Å². The summed E-state index contributed by atoms with van der Waals surface area (Å²) in [6.45, 7) is 4.81. The molecule has 2 aliphatic rings. The van der Waals surface area contributed by atoms with Crippen molar-refractivity contribution in [1.29, 1.82) is 0 Å². The molecule has 2 nitrogen and oxygen atoms in total. The van der Waals surface area contributed by atoms with Gasteiger partial charge in [-0.25, -0.2) is 0 Å². The minimum absolute atomic E-state index is 0.116. The molecule has 1 amide bonds. The van der Waals surface area contributed by atoms with Gasteiger partial charge in [0.05, 0.1) is 5.92 Å². The Kier molecular flexibility index (Phi) is 3.09. The molecule has 0 aromatic carbocycles. The number of hydrogen-bond acceptors (Lipinski definition) is 1. The highest BCUT2D eigenvalue weighted by molar-refractivity contribution is 5.83. The Hall–Kier alpha value is -1.05. The number of rotatable bonds is 0. The zero-order chi connectivity index (χ0) is 8.97. The van der Waals surface area contributed by atoms with Gasteiger partial charge in [0, 0.05) is 12.5 Å². The Morgan fingerprint density at radius 1 is 1.33 bits per heavy atom. The van der Waals surface area contributed by atoms with Crippen LogP contribution in [0.1, 0.15) is 13.8 Å². The topological polar surface area (TPSA) is 29.1 Å². The summed E-state index contributed by atoms with van der Waals surface area (Å²) in [7, 11) is 0. The van der Waals surface area contributed by atoms with Gasteiger partial charge in [-0.1, -0.05) is 38.2 Å². The monoisotopic (exact) mass is 165 g/mol. The highest BCUT2D eigenvalue weighted by Crippen LogP contribution is 2.23. The molecule has 2 heteroatoms. The van der Waals surface area contributed by atoms with E-state index < -0.39 is 0 Å². The molecule has 1 heterocycles. The van der Waals surface area contributed by atoms with Crippen LogP contribution >= 0.6 is 0 Å². The highest BCUT2D eigenvalue weighted by Gasteiger charge is 2.31. The van der Waals surface area contributed by atoms with E-state index in [1.54, 1.807) is 0 Å². The van der Waals surface area contributed by atoms with Gasteiger partial charge in [-0.15, -0.1) is 0 Å². The summed E-state index contributed by atoms with van der Waals surface area (Å²) >= 11 is 0. The summed E-state index contributed by atoms with van der Waals surface area (Å²) in [5, 5.41) is 2.82. The van der Waals surface area contributed by atoms with E-state index in [-0.39, 0.29) is 11.8 Å². The van der Waals surface area contributed by atoms with Gasteiger partial charge in [-0.2, -0.15) is 0 Å². The molecule has 1 aliphatic heterocycles. The molecule has 0 spiro atoms. The lowest BCUT2D eigenvalue weighted by atomic mass is 9.92. The molecule has 0 bridgehead atoms. The molecule has 0 aromatic heterocycles. The lowest BCUT2D eigenvalue weighted by molar-refractivity contribution is -0.121. The third kappa shape index (κ3) is 1.58. The van der Waals surface area contributed by atoms with Gasteiger partial charge in [-0.05, 0) is 0 Å². The van der Waals surface area contributed by atoms with Crippen LogP contribution in [0.2, 0.25) is 0 Å². The third-order valence-corrected chi connectivity index (χ3v) is 2.06. The second kappa shape index (κ2) is 4.10. The minimum Gasteiger partial charge on any atom is -0.355 e. The maximum atomic E-state index is 11.0.